The van der Waals surface area contributed by atoms with Crippen LogP contribution in [0.2, 0.25) is 0 Å². The number of carbonyl (C=O) groups is 1. The first-order valence-electron chi connectivity index (χ1n) is 8.14. The van der Waals surface area contributed by atoms with Gasteiger partial charge in [0.05, 0.1) is 12.6 Å². The van der Waals surface area contributed by atoms with E-state index in [0.717, 1.165) is 36.3 Å². The van der Waals surface area contributed by atoms with E-state index in [-0.39, 0.29) is 18.7 Å². The highest BCUT2D eigenvalue weighted by Gasteiger charge is 2.28. The second-order valence-corrected chi connectivity index (χ2v) is 6.62. The average molecular weight is 317 g/mol. The highest BCUT2D eigenvalue weighted by Crippen LogP contribution is 2.40. The molecular weight excluding hydrogens is 294 g/mol. The van der Waals surface area contributed by atoms with Crippen molar-refractivity contribution in [1.82, 2.24) is 10.3 Å². The molecule has 6 heteroatoms. The molecular formula is C17H23N3O3. The Balaban J connectivity index is 1.64. The number of fused-ring (bicyclic) bond motifs is 1. The number of rotatable bonds is 6. The summed E-state index contributed by atoms with van der Waals surface area (Å²) in [5, 5.41) is 14.9. The third-order valence-corrected chi connectivity index (χ3v) is 3.90. The molecule has 0 aliphatic heterocycles. The van der Waals surface area contributed by atoms with Gasteiger partial charge in [-0.05, 0) is 43.4 Å². The first-order valence-corrected chi connectivity index (χ1v) is 8.14. The molecule has 1 heterocycles. The van der Waals surface area contributed by atoms with E-state index in [1.54, 1.807) is 12.1 Å². The van der Waals surface area contributed by atoms with Gasteiger partial charge >= 0.3 is 6.03 Å². The van der Waals surface area contributed by atoms with Gasteiger partial charge < -0.3 is 20.2 Å². The topological polar surface area (TPSA) is 87.4 Å². The number of nitrogens with zero attached hydrogens (tertiary/aromatic N) is 1. The average Bonchev–Trinajstić information content (AvgIpc) is 3.26. The second kappa shape index (κ2) is 6.58. The van der Waals surface area contributed by atoms with Crippen LogP contribution in [-0.4, -0.2) is 28.8 Å². The Hall–Kier alpha value is -2.08. The zero-order valence-corrected chi connectivity index (χ0v) is 13.5. The quantitative estimate of drug-likeness (QED) is 0.763. The van der Waals surface area contributed by atoms with Gasteiger partial charge in [0.15, 0.2) is 11.5 Å². The van der Waals surface area contributed by atoms with Crippen LogP contribution in [-0.2, 0) is 0 Å². The fourth-order valence-electron chi connectivity index (χ4n) is 2.63. The highest BCUT2D eigenvalue weighted by atomic mass is 16.3. The molecule has 0 spiro atoms. The standard InChI is InChI=1S/C17H23N3O3/c1-10(2)7-13(9-21)19-17(22)18-12-5-6-15-14(8-12)20-16(23-15)11-3-4-11/h5-6,8,10-11,13,21H,3-4,7,9H2,1-2H3,(H2,18,19,22). The number of hydrogen-bond acceptors (Lipinski definition) is 4. The maximum Gasteiger partial charge on any atom is 0.319 e. The summed E-state index contributed by atoms with van der Waals surface area (Å²) in [7, 11) is 0. The monoisotopic (exact) mass is 317 g/mol. The van der Waals surface area contributed by atoms with Crippen molar-refractivity contribution in [3.63, 3.8) is 0 Å². The van der Waals surface area contributed by atoms with Crippen molar-refractivity contribution in [2.24, 2.45) is 5.92 Å². The summed E-state index contributed by atoms with van der Waals surface area (Å²) in [6.07, 6.45) is 3.01. The van der Waals surface area contributed by atoms with Crippen molar-refractivity contribution in [2.45, 2.75) is 45.1 Å². The van der Waals surface area contributed by atoms with Crippen LogP contribution in [0.4, 0.5) is 10.5 Å². The lowest BCUT2D eigenvalue weighted by Crippen LogP contribution is -2.40. The summed E-state index contributed by atoms with van der Waals surface area (Å²) in [4.78, 5) is 16.5. The van der Waals surface area contributed by atoms with Crippen LogP contribution in [0, 0.1) is 5.92 Å². The van der Waals surface area contributed by atoms with Crippen molar-refractivity contribution in [1.29, 1.82) is 0 Å². The molecule has 1 atom stereocenters. The van der Waals surface area contributed by atoms with Crippen molar-refractivity contribution in [3.8, 4) is 0 Å². The molecule has 1 aliphatic carbocycles. The molecule has 1 saturated carbocycles. The molecule has 3 rings (SSSR count). The number of amides is 2. The zero-order valence-electron chi connectivity index (χ0n) is 13.5. The summed E-state index contributed by atoms with van der Waals surface area (Å²) in [6.45, 7) is 4.04. The molecule has 0 bridgehead atoms. The number of hydrogen-bond donors (Lipinski definition) is 3. The predicted molar refractivity (Wildman–Crippen MR) is 88.5 cm³/mol. The van der Waals surface area contributed by atoms with Crippen LogP contribution < -0.4 is 10.6 Å². The van der Waals surface area contributed by atoms with E-state index < -0.39 is 0 Å². The normalized spacial score (nSPS) is 15.8. The third-order valence-electron chi connectivity index (χ3n) is 3.90. The van der Waals surface area contributed by atoms with E-state index in [2.05, 4.69) is 29.5 Å². The number of carbonyl (C=O) groups excluding carboxylic acids is 1. The Morgan fingerprint density at radius 2 is 2.22 bits per heavy atom. The Morgan fingerprint density at radius 1 is 1.43 bits per heavy atom. The number of nitrogens with one attached hydrogen (secondary N) is 2. The molecule has 2 aromatic rings. The summed E-state index contributed by atoms with van der Waals surface area (Å²) in [5.41, 5.74) is 2.16. The van der Waals surface area contributed by atoms with Gasteiger partial charge in [-0.3, -0.25) is 0 Å². The fourth-order valence-corrected chi connectivity index (χ4v) is 2.63. The maximum absolute atomic E-state index is 12.0. The number of aliphatic hydroxyl groups excluding tert-OH is 1. The summed E-state index contributed by atoms with van der Waals surface area (Å²) in [5.74, 6) is 1.65. The molecule has 1 aliphatic rings. The van der Waals surface area contributed by atoms with Crippen molar-refractivity contribution in [3.05, 3.63) is 24.1 Å². The van der Waals surface area contributed by atoms with Crippen molar-refractivity contribution < 1.29 is 14.3 Å². The summed E-state index contributed by atoms with van der Waals surface area (Å²) >= 11 is 0. The largest absolute Gasteiger partial charge is 0.440 e. The number of aliphatic hydroxyl groups is 1. The van der Waals surface area contributed by atoms with E-state index in [1.165, 1.54) is 0 Å². The van der Waals surface area contributed by atoms with Gasteiger partial charge in [-0.25, -0.2) is 9.78 Å². The Kier molecular flexibility index (Phi) is 4.52. The van der Waals surface area contributed by atoms with Crippen LogP contribution >= 0.6 is 0 Å². The van der Waals surface area contributed by atoms with Gasteiger partial charge in [0.2, 0.25) is 0 Å². The first kappa shape index (κ1) is 15.8. The van der Waals surface area contributed by atoms with Crippen LogP contribution in [0.1, 0.15) is 44.9 Å². The molecule has 1 fully saturated rings. The first-order chi connectivity index (χ1) is 11.0. The van der Waals surface area contributed by atoms with Crippen LogP contribution in [0.25, 0.3) is 11.1 Å². The molecule has 1 unspecified atom stereocenters. The maximum atomic E-state index is 12.0. The van der Waals surface area contributed by atoms with Crippen molar-refractivity contribution in [2.75, 3.05) is 11.9 Å². The molecule has 2 amide bonds. The minimum absolute atomic E-state index is 0.0708. The minimum atomic E-state index is -0.324. The van der Waals surface area contributed by atoms with Crippen LogP contribution in [0.15, 0.2) is 22.6 Å². The van der Waals surface area contributed by atoms with Gasteiger partial charge in [0, 0.05) is 11.6 Å². The Labute approximate surface area is 135 Å². The van der Waals surface area contributed by atoms with Gasteiger partial charge in [-0.15, -0.1) is 0 Å². The number of oxazole rings is 1. The molecule has 1 aromatic carbocycles. The molecule has 23 heavy (non-hydrogen) atoms. The molecule has 1 aromatic heterocycles. The molecule has 124 valence electrons. The molecule has 3 N–H and O–H groups in total. The SMILES string of the molecule is CC(C)CC(CO)NC(=O)Nc1ccc2oc(C3CC3)nc2c1. The van der Waals surface area contributed by atoms with Crippen LogP contribution in [0.5, 0.6) is 0 Å². The minimum Gasteiger partial charge on any atom is -0.440 e. The number of urea groups is 1. The second-order valence-electron chi connectivity index (χ2n) is 6.62. The van der Waals surface area contributed by atoms with E-state index >= 15 is 0 Å². The lowest BCUT2D eigenvalue weighted by atomic mass is 10.0. The van der Waals surface area contributed by atoms with Gasteiger partial charge in [-0.1, -0.05) is 13.8 Å². The van der Waals surface area contributed by atoms with E-state index in [0.29, 0.717) is 17.5 Å². The van der Waals surface area contributed by atoms with Crippen molar-refractivity contribution >= 4 is 22.8 Å². The summed E-state index contributed by atoms with van der Waals surface area (Å²) < 4.78 is 5.71. The summed E-state index contributed by atoms with van der Waals surface area (Å²) in [6, 6.07) is 4.85. The fraction of sp³-hybridized carbons (Fsp3) is 0.529. The zero-order chi connectivity index (χ0) is 16.4. The van der Waals surface area contributed by atoms with Gasteiger partial charge in [0.25, 0.3) is 0 Å². The lowest BCUT2D eigenvalue weighted by molar-refractivity contribution is 0.214. The van der Waals surface area contributed by atoms with Gasteiger partial charge in [0.1, 0.15) is 5.52 Å². The number of benzene rings is 1. The smallest absolute Gasteiger partial charge is 0.319 e. The molecule has 0 saturated heterocycles. The highest BCUT2D eigenvalue weighted by molar-refractivity contribution is 5.91. The lowest BCUT2D eigenvalue weighted by Gasteiger charge is -2.18. The van der Waals surface area contributed by atoms with E-state index in [9.17, 15) is 9.90 Å². The predicted octanol–water partition coefficient (Wildman–Crippen LogP) is 3.23. The number of aromatic nitrogens is 1. The third kappa shape index (κ3) is 4.01. The van der Waals surface area contributed by atoms with Crippen LogP contribution in [0.3, 0.4) is 0 Å². The van der Waals surface area contributed by atoms with E-state index in [4.69, 9.17) is 4.42 Å². The Bertz CT molecular complexity index is 691. The Morgan fingerprint density at radius 3 is 2.87 bits per heavy atom. The molecule has 6 nitrogen and oxygen atoms in total. The number of anilines is 1. The van der Waals surface area contributed by atoms with E-state index in [1.807, 2.05) is 6.07 Å². The van der Waals surface area contributed by atoms with Gasteiger partial charge in [-0.2, -0.15) is 0 Å². The molecule has 0 radical (unpaired) electrons.